The van der Waals surface area contributed by atoms with Crippen molar-refractivity contribution in [2.75, 3.05) is 6.67 Å². The zero-order chi connectivity index (χ0) is 19.6. The lowest BCUT2D eigenvalue weighted by Gasteiger charge is -2.28. The summed E-state index contributed by atoms with van der Waals surface area (Å²) < 4.78 is 48.2. The minimum Gasteiger partial charge on any atom is -0.251 e. The van der Waals surface area contributed by atoms with Crippen molar-refractivity contribution in [3.63, 3.8) is 0 Å². The van der Waals surface area contributed by atoms with Crippen LogP contribution in [-0.2, 0) is 6.42 Å². The standard InChI is InChI=1S/C17H25F.C6H3F3/c1-2-3-14-4-8-16(9-5-14)17-10-6-15(7-11-17)12-13-18;7-4-1-2-5(8)6(9)3-4/h4-5,8-9,15,17H,2-3,6-7,10-13H2,1H3;1-3H. The summed E-state index contributed by atoms with van der Waals surface area (Å²) in [6.07, 6.45) is 8.10. The quantitative estimate of drug-likeness (QED) is 0.375. The van der Waals surface area contributed by atoms with Crippen LogP contribution in [0.25, 0.3) is 0 Å². The summed E-state index contributed by atoms with van der Waals surface area (Å²) >= 11 is 0. The van der Waals surface area contributed by atoms with E-state index in [-0.39, 0.29) is 6.67 Å². The van der Waals surface area contributed by atoms with Crippen molar-refractivity contribution in [3.8, 4) is 0 Å². The third kappa shape index (κ3) is 7.00. The molecule has 0 atom stereocenters. The summed E-state index contributed by atoms with van der Waals surface area (Å²) in [4.78, 5) is 0. The zero-order valence-electron chi connectivity index (χ0n) is 15.9. The van der Waals surface area contributed by atoms with E-state index in [1.54, 1.807) is 0 Å². The molecule has 4 heteroatoms. The normalized spacial score (nSPS) is 19.3. The van der Waals surface area contributed by atoms with E-state index < -0.39 is 17.5 Å². The average Bonchev–Trinajstić information content (AvgIpc) is 2.67. The molecule has 0 spiro atoms. The van der Waals surface area contributed by atoms with E-state index in [1.165, 1.54) is 49.7 Å². The summed E-state index contributed by atoms with van der Waals surface area (Å²) in [5, 5.41) is 0. The van der Waals surface area contributed by atoms with E-state index in [1.807, 2.05) is 0 Å². The molecule has 0 aliphatic heterocycles. The van der Waals surface area contributed by atoms with Crippen molar-refractivity contribution in [1.82, 2.24) is 0 Å². The van der Waals surface area contributed by atoms with Crippen LogP contribution in [0.1, 0.15) is 62.5 Å². The summed E-state index contributed by atoms with van der Waals surface area (Å²) in [6.45, 7) is 2.08. The van der Waals surface area contributed by atoms with Crippen LogP contribution in [0.5, 0.6) is 0 Å². The molecule has 0 N–H and O–H groups in total. The van der Waals surface area contributed by atoms with E-state index in [9.17, 15) is 17.6 Å². The molecule has 1 saturated carbocycles. The molecule has 0 amide bonds. The van der Waals surface area contributed by atoms with Crippen LogP contribution in [0.2, 0.25) is 0 Å². The highest BCUT2D eigenvalue weighted by Crippen LogP contribution is 2.37. The van der Waals surface area contributed by atoms with Crippen molar-refractivity contribution in [1.29, 1.82) is 0 Å². The van der Waals surface area contributed by atoms with Gasteiger partial charge >= 0.3 is 0 Å². The molecule has 0 aromatic heterocycles. The molecule has 0 nitrogen and oxygen atoms in total. The highest BCUT2D eigenvalue weighted by molar-refractivity contribution is 5.25. The second-order valence-corrected chi connectivity index (χ2v) is 7.25. The van der Waals surface area contributed by atoms with Crippen molar-refractivity contribution >= 4 is 0 Å². The maximum atomic E-state index is 12.3. The fraction of sp³-hybridized carbons (Fsp3) is 0.478. The number of aryl methyl sites for hydroxylation is 1. The van der Waals surface area contributed by atoms with Gasteiger partial charge in [-0.25, -0.2) is 13.2 Å². The number of hydrogen-bond donors (Lipinski definition) is 0. The molecular weight excluding hydrogens is 352 g/mol. The van der Waals surface area contributed by atoms with Crippen molar-refractivity contribution in [2.24, 2.45) is 5.92 Å². The minimum atomic E-state index is -1.16. The second kappa shape index (κ2) is 11.1. The van der Waals surface area contributed by atoms with Gasteiger partial charge in [0.2, 0.25) is 0 Å². The molecule has 0 unspecified atom stereocenters. The number of hydrogen-bond acceptors (Lipinski definition) is 0. The molecule has 1 aliphatic carbocycles. The van der Waals surface area contributed by atoms with Crippen molar-refractivity contribution in [2.45, 2.75) is 57.8 Å². The maximum absolute atomic E-state index is 12.3. The first kappa shape index (κ1) is 21.5. The molecule has 0 radical (unpaired) electrons. The van der Waals surface area contributed by atoms with Crippen molar-refractivity contribution < 1.29 is 17.6 Å². The third-order valence-electron chi connectivity index (χ3n) is 5.24. The Morgan fingerprint density at radius 2 is 1.52 bits per heavy atom. The topological polar surface area (TPSA) is 0 Å². The van der Waals surface area contributed by atoms with E-state index in [0.29, 0.717) is 12.0 Å². The molecule has 2 aromatic rings. The summed E-state index contributed by atoms with van der Waals surface area (Å²) in [5.41, 5.74) is 2.95. The molecule has 0 heterocycles. The molecule has 2 aromatic carbocycles. The lowest BCUT2D eigenvalue weighted by molar-refractivity contribution is 0.283. The molecular formula is C23H28F4. The largest absolute Gasteiger partial charge is 0.251 e. The van der Waals surface area contributed by atoms with Crippen LogP contribution in [-0.4, -0.2) is 6.67 Å². The average molecular weight is 380 g/mol. The van der Waals surface area contributed by atoms with Gasteiger partial charge in [0, 0.05) is 6.07 Å². The number of benzene rings is 2. The number of alkyl halides is 1. The Morgan fingerprint density at radius 3 is 2.04 bits per heavy atom. The van der Waals surface area contributed by atoms with Gasteiger partial charge in [-0.3, -0.25) is 4.39 Å². The fourth-order valence-electron chi connectivity index (χ4n) is 3.65. The van der Waals surface area contributed by atoms with E-state index in [0.717, 1.165) is 24.5 Å². The van der Waals surface area contributed by atoms with Gasteiger partial charge in [-0.1, -0.05) is 37.6 Å². The van der Waals surface area contributed by atoms with Crippen LogP contribution >= 0.6 is 0 Å². The maximum Gasteiger partial charge on any atom is 0.161 e. The van der Waals surface area contributed by atoms with Gasteiger partial charge in [0.05, 0.1) is 6.67 Å². The molecule has 27 heavy (non-hydrogen) atoms. The first-order valence-corrected chi connectivity index (χ1v) is 9.78. The second-order valence-electron chi connectivity index (χ2n) is 7.25. The Kier molecular flexibility index (Phi) is 8.83. The van der Waals surface area contributed by atoms with Crippen LogP contribution in [0, 0.1) is 23.4 Å². The molecule has 1 aliphatic rings. The minimum absolute atomic E-state index is 0.138. The number of halogens is 4. The molecule has 0 bridgehead atoms. The van der Waals surface area contributed by atoms with Crippen LogP contribution in [0.3, 0.4) is 0 Å². The first-order valence-electron chi connectivity index (χ1n) is 9.78. The first-order chi connectivity index (χ1) is 13.0. The smallest absolute Gasteiger partial charge is 0.161 e. The SMILES string of the molecule is CCCc1ccc(C2CCC(CCF)CC2)cc1.Fc1ccc(F)c(F)c1. The van der Waals surface area contributed by atoms with Crippen LogP contribution in [0.15, 0.2) is 42.5 Å². The summed E-state index contributed by atoms with van der Waals surface area (Å²) in [5.74, 6) is -1.59. The van der Waals surface area contributed by atoms with E-state index in [4.69, 9.17) is 0 Å². The third-order valence-corrected chi connectivity index (χ3v) is 5.24. The van der Waals surface area contributed by atoms with Gasteiger partial charge in [-0.2, -0.15) is 0 Å². The molecule has 0 saturated heterocycles. The van der Waals surface area contributed by atoms with Gasteiger partial charge in [-0.05, 0) is 73.6 Å². The summed E-state index contributed by atoms with van der Waals surface area (Å²) in [7, 11) is 0. The molecule has 3 rings (SSSR count). The molecule has 1 fully saturated rings. The van der Waals surface area contributed by atoms with E-state index in [2.05, 4.69) is 31.2 Å². The Balaban J connectivity index is 0.000000244. The predicted molar refractivity (Wildman–Crippen MR) is 102 cm³/mol. The van der Waals surface area contributed by atoms with Crippen LogP contribution < -0.4 is 0 Å². The monoisotopic (exact) mass is 380 g/mol. The van der Waals surface area contributed by atoms with Gasteiger partial charge < -0.3 is 0 Å². The molecule has 148 valence electrons. The highest BCUT2D eigenvalue weighted by atomic mass is 19.2. The fourth-order valence-corrected chi connectivity index (χ4v) is 3.65. The Bertz CT molecular complexity index is 673. The van der Waals surface area contributed by atoms with Gasteiger partial charge in [-0.15, -0.1) is 0 Å². The lowest BCUT2D eigenvalue weighted by atomic mass is 9.77. The Hall–Kier alpha value is -1.84. The van der Waals surface area contributed by atoms with Gasteiger partial charge in [0.15, 0.2) is 11.6 Å². The lowest BCUT2D eigenvalue weighted by Crippen LogP contribution is -2.13. The Labute approximate surface area is 159 Å². The number of rotatable bonds is 5. The van der Waals surface area contributed by atoms with Gasteiger partial charge in [0.1, 0.15) is 5.82 Å². The van der Waals surface area contributed by atoms with Gasteiger partial charge in [0.25, 0.3) is 0 Å². The highest BCUT2D eigenvalue weighted by Gasteiger charge is 2.21. The van der Waals surface area contributed by atoms with E-state index >= 15 is 0 Å². The summed E-state index contributed by atoms with van der Waals surface area (Å²) in [6, 6.07) is 11.3. The predicted octanol–water partition coefficient (Wildman–Crippen LogP) is 7.38. The zero-order valence-corrected chi connectivity index (χ0v) is 15.9. The Morgan fingerprint density at radius 1 is 0.852 bits per heavy atom. The van der Waals surface area contributed by atoms with Crippen LogP contribution in [0.4, 0.5) is 17.6 Å². The van der Waals surface area contributed by atoms with Crippen molar-refractivity contribution in [3.05, 3.63) is 71.0 Å².